The molecule has 0 fully saturated rings. The van der Waals surface area contributed by atoms with Crippen LogP contribution in [0.3, 0.4) is 0 Å². The number of benzene rings is 1. The van der Waals surface area contributed by atoms with Gasteiger partial charge >= 0.3 is 0 Å². The van der Waals surface area contributed by atoms with Gasteiger partial charge in [-0.05, 0) is 50.1 Å². The Hall–Kier alpha value is -3.88. The minimum absolute atomic E-state index is 0.315. The molecule has 0 saturated heterocycles. The highest BCUT2D eigenvalue weighted by Crippen LogP contribution is 2.34. The minimum atomic E-state index is -0.849. The van der Waals surface area contributed by atoms with E-state index in [0.29, 0.717) is 41.8 Å². The second-order valence-electron chi connectivity index (χ2n) is 7.91. The Balaban J connectivity index is 1.42. The Bertz CT molecular complexity index is 1340. The Morgan fingerprint density at radius 1 is 1.12 bits per heavy atom. The first-order valence-corrected chi connectivity index (χ1v) is 10.7. The van der Waals surface area contributed by atoms with Crippen LogP contribution in [0.25, 0.3) is 17.8 Å². The first-order valence-electron chi connectivity index (χ1n) is 10.7. The van der Waals surface area contributed by atoms with Crippen molar-refractivity contribution in [1.29, 1.82) is 0 Å². The number of fused-ring (bicyclic) bond motifs is 1. The molecule has 7 nitrogen and oxygen atoms in total. The molecule has 0 unspecified atom stereocenters. The number of halogens is 2. The molecular weight excluding hydrogens is 426 g/mol. The molecule has 1 aliphatic heterocycles. The number of hydrogen-bond acceptors (Lipinski definition) is 5. The summed E-state index contributed by atoms with van der Waals surface area (Å²) >= 11 is 0. The smallest absolute Gasteiger partial charge is 0.238 e. The van der Waals surface area contributed by atoms with Gasteiger partial charge in [0.1, 0.15) is 11.5 Å². The summed E-state index contributed by atoms with van der Waals surface area (Å²) in [5.74, 6) is -0.404. The van der Waals surface area contributed by atoms with Crippen LogP contribution in [0.2, 0.25) is 0 Å². The van der Waals surface area contributed by atoms with Crippen molar-refractivity contribution in [2.75, 3.05) is 7.11 Å². The van der Waals surface area contributed by atoms with Gasteiger partial charge in [0.25, 0.3) is 0 Å². The van der Waals surface area contributed by atoms with Gasteiger partial charge < -0.3 is 9.30 Å². The molecule has 4 aromatic rings. The van der Waals surface area contributed by atoms with Crippen molar-refractivity contribution in [3.8, 4) is 11.6 Å². The van der Waals surface area contributed by atoms with Gasteiger partial charge in [-0.25, -0.2) is 28.4 Å². The van der Waals surface area contributed by atoms with Gasteiger partial charge in [0.05, 0.1) is 24.8 Å². The number of aryl methyl sites for hydroxylation is 2. The highest BCUT2D eigenvalue weighted by Gasteiger charge is 2.28. The van der Waals surface area contributed by atoms with Crippen LogP contribution in [0.5, 0.6) is 5.88 Å². The highest BCUT2D eigenvalue weighted by molar-refractivity contribution is 5.65. The molecule has 1 atom stereocenters. The predicted octanol–water partition coefficient (Wildman–Crippen LogP) is 4.55. The third kappa shape index (κ3) is 4.02. The van der Waals surface area contributed by atoms with Crippen LogP contribution < -0.4 is 4.74 Å². The number of methoxy groups -OCH3 is 1. The third-order valence-corrected chi connectivity index (χ3v) is 5.70. The number of nitrogens with zero attached hydrogens (tertiary/aromatic N) is 6. The second-order valence-corrected chi connectivity index (χ2v) is 7.91. The molecule has 4 heterocycles. The molecule has 0 bridgehead atoms. The summed E-state index contributed by atoms with van der Waals surface area (Å²) in [6.45, 7) is 2.60. The van der Waals surface area contributed by atoms with Gasteiger partial charge in [-0.1, -0.05) is 12.1 Å². The fourth-order valence-electron chi connectivity index (χ4n) is 4.12. The van der Waals surface area contributed by atoms with E-state index in [9.17, 15) is 8.78 Å². The molecule has 0 aliphatic carbocycles. The van der Waals surface area contributed by atoms with E-state index in [1.54, 1.807) is 36.3 Å². The van der Waals surface area contributed by atoms with Crippen molar-refractivity contribution < 1.29 is 13.5 Å². The lowest BCUT2D eigenvalue weighted by Crippen LogP contribution is -2.19. The number of pyridine rings is 1. The van der Waals surface area contributed by atoms with E-state index < -0.39 is 11.6 Å². The van der Waals surface area contributed by atoms with Gasteiger partial charge in [0.2, 0.25) is 5.88 Å². The van der Waals surface area contributed by atoms with Crippen molar-refractivity contribution in [2.24, 2.45) is 0 Å². The summed E-state index contributed by atoms with van der Waals surface area (Å²) in [6.07, 6.45) is 8.66. The molecule has 1 aromatic carbocycles. The fraction of sp³-hybridized carbons (Fsp3) is 0.250. The number of imidazole rings is 1. The quantitative estimate of drug-likeness (QED) is 0.448. The lowest BCUT2D eigenvalue weighted by Gasteiger charge is -2.22. The van der Waals surface area contributed by atoms with E-state index in [0.717, 1.165) is 23.9 Å². The Morgan fingerprint density at radius 2 is 2.00 bits per heavy atom. The minimum Gasteiger partial charge on any atom is -0.479 e. The van der Waals surface area contributed by atoms with E-state index in [1.807, 2.05) is 29.8 Å². The van der Waals surface area contributed by atoms with Gasteiger partial charge in [-0.2, -0.15) is 5.10 Å². The van der Waals surface area contributed by atoms with Crippen LogP contribution in [0, 0.1) is 18.6 Å². The average Bonchev–Trinajstić information content (AvgIpc) is 3.45. The fourth-order valence-corrected chi connectivity index (χ4v) is 4.12. The molecule has 3 aromatic heterocycles. The highest BCUT2D eigenvalue weighted by atomic mass is 19.2. The van der Waals surface area contributed by atoms with Crippen molar-refractivity contribution in [3.63, 3.8) is 0 Å². The molecule has 9 heteroatoms. The zero-order valence-electron chi connectivity index (χ0n) is 18.2. The average molecular weight is 448 g/mol. The third-order valence-electron chi connectivity index (χ3n) is 5.70. The molecule has 0 amide bonds. The van der Waals surface area contributed by atoms with Crippen LogP contribution in [0.15, 0.2) is 42.9 Å². The molecule has 0 spiro atoms. The molecule has 5 rings (SSSR count). The molecule has 0 saturated carbocycles. The summed E-state index contributed by atoms with van der Waals surface area (Å²) in [5, 5.41) is 4.54. The zero-order valence-corrected chi connectivity index (χ0v) is 18.2. The van der Waals surface area contributed by atoms with Crippen LogP contribution >= 0.6 is 0 Å². The Kier molecular flexibility index (Phi) is 5.45. The number of rotatable bonds is 5. The van der Waals surface area contributed by atoms with E-state index >= 15 is 0 Å². The number of aromatic nitrogens is 6. The zero-order chi connectivity index (χ0) is 22.9. The Labute approximate surface area is 189 Å². The van der Waals surface area contributed by atoms with Crippen molar-refractivity contribution in [3.05, 3.63) is 83.1 Å². The summed E-state index contributed by atoms with van der Waals surface area (Å²) in [7, 11) is 1.57. The maximum absolute atomic E-state index is 14.4. The molecular formula is C24H22F2N6O. The standard InChI is InChI=1S/C24H22F2N6O/c1-15-13-31(14-27-15)20-10-8-16(28-24(20)33-2)9-11-21-29-23-18(6-4-12-32(23)30-21)17-5-3-7-19(25)22(17)26/h3,5,7-11,13-14,18H,4,6,12H2,1-2H3/b11-9+/t18-/m0/s1. The maximum atomic E-state index is 14.4. The van der Waals surface area contributed by atoms with E-state index in [4.69, 9.17) is 4.74 Å². The molecule has 1 aliphatic rings. The Morgan fingerprint density at radius 3 is 2.79 bits per heavy atom. The van der Waals surface area contributed by atoms with Gasteiger partial charge in [-0.3, -0.25) is 0 Å². The van der Waals surface area contributed by atoms with Crippen molar-refractivity contribution in [1.82, 2.24) is 29.3 Å². The van der Waals surface area contributed by atoms with Crippen molar-refractivity contribution in [2.45, 2.75) is 32.2 Å². The van der Waals surface area contributed by atoms with Crippen LogP contribution in [0.1, 0.15) is 47.4 Å². The van der Waals surface area contributed by atoms with Gasteiger partial charge in [-0.15, -0.1) is 0 Å². The topological polar surface area (TPSA) is 70.7 Å². The lowest BCUT2D eigenvalue weighted by molar-refractivity contribution is 0.395. The van der Waals surface area contributed by atoms with Crippen LogP contribution in [-0.4, -0.2) is 36.4 Å². The molecule has 168 valence electrons. The SMILES string of the molecule is COc1nc(/C=C/c2nc3n(n2)CCC[C@H]3c2cccc(F)c2F)ccc1-n1cnc(C)c1. The van der Waals surface area contributed by atoms with Crippen LogP contribution in [0.4, 0.5) is 8.78 Å². The summed E-state index contributed by atoms with van der Waals surface area (Å²) in [6, 6.07) is 8.03. The van der Waals surface area contributed by atoms with E-state index in [-0.39, 0.29) is 5.92 Å². The maximum Gasteiger partial charge on any atom is 0.238 e. The van der Waals surface area contributed by atoms with Crippen LogP contribution in [-0.2, 0) is 6.54 Å². The largest absolute Gasteiger partial charge is 0.479 e. The normalized spacial score (nSPS) is 15.7. The number of ether oxygens (including phenoxy) is 1. The molecule has 0 N–H and O–H groups in total. The first kappa shape index (κ1) is 21.0. The monoisotopic (exact) mass is 448 g/mol. The summed E-state index contributed by atoms with van der Waals surface area (Å²) in [5.41, 5.74) is 2.67. The molecule has 33 heavy (non-hydrogen) atoms. The van der Waals surface area contributed by atoms with Crippen molar-refractivity contribution >= 4 is 12.2 Å². The summed E-state index contributed by atoms with van der Waals surface area (Å²) in [4.78, 5) is 13.4. The lowest BCUT2D eigenvalue weighted by atomic mass is 9.91. The molecule has 0 radical (unpaired) electrons. The van der Waals surface area contributed by atoms with E-state index in [2.05, 4.69) is 20.1 Å². The van der Waals surface area contributed by atoms with Gasteiger partial charge in [0.15, 0.2) is 17.5 Å². The van der Waals surface area contributed by atoms with E-state index in [1.165, 1.54) is 6.07 Å². The summed E-state index contributed by atoms with van der Waals surface area (Å²) < 4.78 is 37.3. The number of hydrogen-bond donors (Lipinski definition) is 0. The second kappa shape index (κ2) is 8.57. The first-order chi connectivity index (χ1) is 16.0. The van der Waals surface area contributed by atoms with Gasteiger partial charge in [0, 0.05) is 24.2 Å². The predicted molar refractivity (Wildman–Crippen MR) is 119 cm³/mol.